The lowest BCUT2D eigenvalue weighted by Gasteiger charge is -2.03. The van der Waals surface area contributed by atoms with Crippen molar-refractivity contribution in [1.29, 1.82) is 0 Å². The van der Waals surface area contributed by atoms with Gasteiger partial charge in [-0.1, -0.05) is 40.6 Å². The zero-order chi connectivity index (χ0) is 18.3. The summed E-state index contributed by atoms with van der Waals surface area (Å²) in [7, 11) is 0. The Balaban J connectivity index is 1.71. The number of anilines is 1. The second-order valence-electron chi connectivity index (χ2n) is 6.07. The van der Waals surface area contributed by atoms with Crippen LogP contribution in [0.5, 0.6) is 0 Å². The van der Waals surface area contributed by atoms with E-state index < -0.39 is 0 Å². The van der Waals surface area contributed by atoms with Gasteiger partial charge in [-0.3, -0.25) is 0 Å². The highest BCUT2D eigenvalue weighted by molar-refractivity contribution is 7.13. The van der Waals surface area contributed by atoms with Crippen molar-refractivity contribution in [3.63, 3.8) is 0 Å². The molecule has 0 radical (unpaired) electrons. The van der Waals surface area contributed by atoms with Gasteiger partial charge in [-0.25, -0.2) is 4.98 Å². The molecule has 2 aromatic carbocycles. The third kappa shape index (κ3) is 2.98. The number of aromatic nitrogens is 4. The number of thiazole rings is 1. The second-order valence-corrected chi connectivity index (χ2v) is 7.36. The van der Waals surface area contributed by atoms with Gasteiger partial charge in [0.15, 0.2) is 11.5 Å². The molecule has 0 atom stereocenters. The van der Waals surface area contributed by atoms with Crippen molar-refractivity contribution >= 4 is 28.8 Å². The lowest BCUT2D eigenvalue weighted by molar-refractivity contribution is 0.810. The number of halogens is 1. The third-order valence-corrected chi connectivity index (χ3v) is 5.24. The predicted octanol–water partition coefficient (Wildman–Crippen LogP) is 4.91. The highest BCUT2D eigenvalue weighted by Gasteiger charge is 2.17. The van der Waals surface area contributed by atoms with Crippen molar-refractivity contribution < 1.29 is 0 Å². The van der Waals surface area contributed by atoms with Crippen molar-refractivity contribution in [3.05, 3.63) is 64.0 Å². The van der Waals surface area contributed by atoms with Crippen LogP contribution in [0.25, 0.3) is 27.6 Å². The van der Waals surface area contributed by atoms with Crippen LogP contribution in [0.1, 0.15) is 11.1 Å². The summed E-state index contributed by atoms with van der Waals surface area (Å²) in [6.45, 7) is 4.17. The Morgan fingerprint density at radius 2 is 1.85 bits per heavy atom. The average molecular weight is 382 g/mol. The minimum atomic E-state index is 0.453. The summed E-state index contributed by atoms with van der Waals surface area (Å²) >= 11 is 7.45. The van der Waals surface area contributed by atoms with Crippen LogP contribution < -0.4 is 5.73 Å². The zero-order valence-electron chi connectivity index (χ0n) is 14.3. The molecule has 4 rings (SSSR count). The quantitative estimate of drug-likeness (QED) is 0.547. The van der Waals surface area contributed by atoms with E-state index in [0.29, 0.717) is 16.5 Å². The summed E-state index contributed by atoms with van der Waals surface area (Å²) in [6.07, 6.45) is 0. The molecule has 0 aliphatic carbocycles. The fourth-order valence-electron chi connectivity index (χ4n) is 2.82. The van der Waals surface area contributed by atoms with Crippen LogP contribution in [-0.2, 0) is 0 Å². The molecule has 0 saturated heterocycles. The molecule has 0 fully saturated rings. The summed E-state index contributed by atoms with van der Waals surface area (Å²) in [4.78, 5) is 4.72. The molecule has 0 bridgehead atoms. The molecule has 0 unspecified atom stereocenters. The van der Waals surface area contributed by atoms with Gasteiger partial charge in [-0.15, -0.1) is 16.4 Å². The third-order valence-electron chi connectivity index (χ3n) is 4.14. The van der Waals surface area contributed by atoms with E-state index in [1.54, 1.807) is 16.8 Å². The van der Waals surface area contributed by atoms with E-state index in [1.807, 2.05) is 17.5 Å². The molecular formula is C19H16ClN5S. The molecule has 7 heteroatoms. The zero-order valence-corrected chi connectivity index (χ0v) is 15.8. The summed E-state index contributed by atoms with van der Waals surface area (Å²) in [5, 5.41) is 11.8. The normalized spacial score (nSPS) is 11.0. The van der Waals surface area contributed by atoms with E-state index in [-0.39, 0.29) is 0 Å². The van der Waals surface area contributed by atoms with Gasteiger partial charge in [-0.2, -0.15) is 4.68 Å². The van der Waals surface area contributed by atoms with Crippen LogP contribution in [-0.4, -0.2) is 20.0 Å². The SMILES string of the molecule is Cc1ccc(-c2csc(-c3nnn(-c4ccc(Cl)cc4)c3N)n2)c(C)c1. The van der Waals surface area contributed by atoms with Crippen LogP contribution in [0.15, 0.2) is 47.8 Å². The van der Waals surface area contributed by atoms with Crippen molar-refractivity contribution in [1.82, 2.24) is 20.0 Å². The fraction of sp³-hybridized carbons (Fsp3) is 0.105. The van der Waals surface area contributed by atoms with Gasteiger partial charge < -0.3 is 5.73 Å². The molecule has 5 nitrogen and oxygen atoms in total. The molecule has 0 spiro atoms. The van der Waals surface area contributed by atoms with Gasteiger partial charge in [0.05, 0.1) is 11.4 Å². The molecule has 2 heterocycles. The van der Waals surface area contributed by atoms with Crippen molar-refractivity contribution in [2.75, 3.05) is 5.73 Å². The lowest BCUT2D eigenvalue weighted by atomic mass is 10.0. The second kappa shape index (κ2) is 6.55. The number of hydrogen-bond acceptors (Lipinski definition) is 5. The molecule has 26 heavy (non-hydrogen) atoms. The molecule has 0 saturated carbocycles. The molecule has 0 aliphatic heterocycles. The molecule has 2 aromatic heterocycles. The molecule has 2 N–H and O–H groups in total. The molecule has 0 aliphatic rings. The smallest absolute Gasteiger partial charge is 0.165 e. The summed E-state index contributed by atoms with van der Waals surface area (Å²) < 4.78 is 1.59. The minimum absolute atomic E-state index is 0.453. The maximum absolute atomic E-state index is 6.27. The maximum atomic E-state index is 6.27. The number of nitrogens with two attached hydrogens (primary N) is 1. The van der Waals surface area contributed by atoms with Crippen LogP contribution in [0, 0.1) is 13.8 Å². The summed E-state index contributed by atoms with van der Waals surface area (Å²) in [6, 6.07) is 13.6. The fourth-order valence-corrected chi connectivity index (χ4v) is 3.76. The van der Waals surface area contributed by atoms with Gasteiger partial charge in [0.2, 0.25) is 0 Å². The van der Waals surface area contributed by atoms with Crippen LogP contribution in [0.4, 0.5) is 5.82 Å². The largest absolute Gasteiger partial charge is 0.382 e. The number of benzene rings is 2. The predicted molar refractivity (Wildman–Crippen MR) is 107 cm³/mol. The summed E-state index contributed by atoms with van der Waals surface area (Å²) in [5.41, 5.74) is 12.1. The van der Waals surface area contributed by atoms with Gasteiger partial charge in [-0.05, 0) is 43.7 Å². The highest BCUT2D eigenvalue weighted by Crippen LogP contribution is 2.33. The minimum Gasteiger partial charge on any atom is -0.382 e. The summed E-state index contributed by atoms with van der Waals surface area (Å²) in [5.74, 6) is 0.453. The van der Waals surface area contributed by atoms with Crippen molar-refractivity contribution in [3.8, 4) is 27.6 Å². The van der Waals surface area contributed by atoms with E-state index in [2.05, 4.69) is 42.4 Å². The standard InChI is InChI=1S/C19H16ClN5S/c1-11-3-8-15(12(2)9-11)16-10-26-19(22-16)17-18(21)25(24-23-17)14-6-4-13(20)5-7-14/h3-10H,21H2,1-2H3. The molecular weight excluding hydrogens is 366 g/mol. The number of nitrogens with zero attached hydrogens (tertiary/aromatic N) is 4. The first kappa shape index (κ1) is 16.8. The Morgan fingerprint density at radius 1 is 1.08 bits per heavy atom. The lowest BCUT2D eigenvalue weighted by Crippen LogP contribution is -2.02. The molecule has 130 valence electrons. The number of rotatable bonds is 3. The first-order valence-corrected chi connectivity index (χ1v) is 9.29. The topological polar surface area (TPSA) is 69.6 Å². The molecule has 4 aromatic rings. The van der Waals surface area contributed by atoms with Gasteiger partial charge >= 0.3 is 0 Å². The Labute approximate surface area is 160 Å². The number of aryl methyl sites for hydroxylation is 2. The number of nitrogen functional groups attached to an aromatic ring is 1. The van der Waals surface area contributed by atoms with Crippen molar-refractivity contribution in [2.45, 2.75) is 13.8 Å². The molecule has 0 amide bonds. The van der Waals surface area contributed by atoms with Gasteiger partial charge in [0, 0.05) is 16.0 Å². The van der Waals surface area contributed by atoms with Gasteiger partial charge in [0.25, 0.3) is 0 Å². The first-order valence-electron chi connectivity index (χ1n) is 8.03. The van der Waals surface area contributed by atoms with E-state index in [1.165, 1.54) is 22.5 Å². The van der Waals surface area contributed by atoms with E-state index >= 15 is 0 Å². The average Bonchev–Trinajstić information content (AvgIpc) is 3.22. The maximum Gasteiger partial charge on any atom is 0.165 e. The van der Waals surface area contributed by atoms with E-state index in [9.17, 15) is 0 Å². The van der Waals surface area contributed by atoms with E-state index in [0.717, 1.165) is 22.0 Å². The Kier molecular flexibility index (Phi) is 4.22. The van der Waals surface area contributed by atoms with Crippen molar-refractivity contribution in [2.24, 2.45) is 0 Å². The van der Waals surface area contributed by atoms with Crippen LogP contribution in [0.2, 0.25) is 5.02 Å². The van der Waals surface area contributed by atoms with Crippen LogP contribution in [0.3, 0.4) is 0 Å². The van der Waals surface area contributed by atoms with Gasteiger partial charge in [0.1, 0.15) is 5.01 Å². The highest BCUT2D eigenvalue weighted by atomic mass is 35.5. The van der Waals surface area contributed by atoms with E-state index in [4.69, 9.17) is 22.3 Å². The Bertz CT molecular complexity index is 1080. The number of hydrogen-bond donors (Lipinski definition) is 1. The Morgan fingerprint density at radius 3 is 2.58 bits per heavy atom. The first-order chi connectivity index (χ1) is 12.5. The Hall–Kier alpha value is -2.70. The monoisotopic (exact) mass is 381 g/mol. The van der Waals surface area contributed by atoms with Crippen LogP contribution >= 0.6 is 22.9 Å².